The zero-order valence-electron chi connectivity index (χ0n) is 21.5. The molecule has 10 heteroatoms. The lowest BCUT2D eigenvalue weighted by atomic mass is 9.84. The van der Waals surface area contributed by atoms with E-state index in [1.54, 1.807) is 41.3 Å². The van der Waals surface area contributed by atoms with Crippen LogP contribution in [-0.4, -0.2) is 73.2 Å². The molecule has 2 aliphatic heterocycles. The van der Waals surface area contributed by atoms with Crippen molar-refractivity contribution in [3.63, 3.8) is 0 Å². The van der Waals surface area contributed by atoms with E-state index in [4.69, 9.17) is 27.9 Å². The maximum Gasteiger partial charge on any atom is 0.256 e. The van der Waals surface area contributed by atoms with Crippen LogP contribution in [0.5, 0.6) is 5.75 Å². The Bertz CT molecular complexity index is 1390. The number of rotatable bonds is 8. The largest absolute Gasteiger partial charge is 0.495 e. The van der Waals surface area contributed by atoms with Crippen molar-refractivity contribution in [1.82, 2.24) is 9.80 Å². The number of halogens is 2. The minimum Gasteiger partial charge on any atom is -0.495 e. The maximum absolute atomic E-state index is 13.8. The summed E-state index contributed by atoms with van der Waals surface area (Å²) in [6.07, 6.45) is 0.263. The standard InChI is InChI=1S/C29H30Cl2N4O4/c1-39-25-7-3-6-22(27(37)35-12-10-34(11-13-35)14-15-36)26(25)33-29(18-19-4-2-5-20(30)16-19)23-9-8-21(31)17-24(23)32-28(29)38/h2-9,16-17,33,36H,10-15,18H2,1H3,(H,32,38). The van der Waals surface area contributed by atoms with Gasteiger partial charge < -0.3 is 25.4 Å². The molecule has 0 saturated carbocycles. The molecule has 1 fully saturated rings. The first kappa shape index (κ1) is 27.3. The molecule has 2 heterocycles. The van der Waals surface area contributed by atoms with E-state index in [2.05, 4.69) is 15.5 Å². The van der Waals surface area contributed by atoms with Gasteiger partial charge >= 0.3 is 0 Å². The van der Waals surface area contributed by atoms with Crippen LogP contribution >= 0.6 is 23.2 Å². The molecular weight excluding hydrogens is 539 g/mol. The average molecular weight is 569 g/mol. The third-order valence-electron chi connectivity index (χ3n) is 7.33. The number of anilines is 2. The fourth-order valence-electron chi connectivity index (χ4n) is 5.35. The Morgan fingerprint density at radius 1 is 1.05 bits per heavy atom. The van der Waals surface area contributed by atoms with Gasteiger partial charge in [-0.15, -0.1) is 0 Å². The number of para-hydroxylation sites is 1. The molecule has 3 aromatic carbocycles. The molecule has 5 rings (SSSR count). The number of nitrogens with one attached hydrogen (secondary N) is 2. The minimum absolute atomic E-state index is 0.0847. The quantitative estimate of drug-likeness (QED) is 0.376. The van der Waals surface area contributed by atoms with Crippen LogP contribution in [-0.2, 0) is 16.8 Å². The van der Waals surface area contributed by atoms with Gasteiger partial charge in [-0.25, -0.2) is 0 Å². The highest BCUT2D eigenvalue weighted by atomic mass is 35.5. The number of carbonyl (C=O) groups excluding carboxylic acids is 2. The number of nitrogens with zero attached hydrogens (tertiary/aromatic N) is 2. The second kappa shape index (κ2) is 11.4. The van der Waals surface area contributed by atoms with Crippen LogP contribution in [0.1, 0.15) is 21.5 Å². The number of hydrogen-bond donors (Lipinski definition) is 3. The van der Waals surface area contributed by atoms with E-state index in [0.717, 1.165) is 5.56 Å². The fourth-order valence-corrected chi connectivity index (χ4v) is 5.73. The Morgan fingerprint density at radius 3 is 2.51 bits per heavy atom. The van der Waals surface area contributed by atoms with E-state index >= 15 is 0 Å². The van der Waals surface area contributed by atoms with Crippen molar-refractivity contribution in [2.75, 3.05) is 57.1 Å². The van der Waals surface area contributed by atoms with Gasteiger partial charge in [-0.2, -0.15) is 0 Å². The van der Waals surface area contributed by atoms with Gasteiger partial charge in [0.2, 0.25) is 0 Å². The monoisotopic (exact) mass is 568 g/mol. The summed E-state index contributed by atoms with van der Waals surface area (Å²) in [5, 5.41) is 16.8. The molecular formula is C29H30Cl2N4O4. The summed E-state index contributed by atoms with van der Waals surface area (Å²) in [7, 11) is 1.54. The van der Waals surface area contributed by atoms with Gasteiger partial charge in [0.1, 0.15) is 11.3 Å². The maximum atomic E-state index is 13.8. The lowest BCUT2D eigenvalue weighted by Gasteiger charge is -2.36. The summed E-state index contributed by atoms with van der Waals surface area (Å²) in [5.41, 5.74) is 1.72. The Balaban J connectivity index is 1.57. The predicted octanol–water partition coefficient (Wildman–Crippen LogP) is 4.25. The first-order chi connectivity index (χ1) is 18.8. The molecule has 39 heavy (non-hydrogen) atoms. The number of benzene rings is 3. The molecule has 0 spiro atoms. The molecule has 2 amide bonds. The van der Waals surface area contributed by atoms with Crippen molar-refractivity contribution in [2.24, 2.45) is 0 Å². The van der Waals surface area contributed by atoms with Crippen LogP contribution in [0.3, 0.4) is 0 Å². The molecule has 204 valence electrons. The summed E-state index contributed by atoms with van der Waals surface area (Å²) in [5.74, 6) is 0.00908. The molecule has 0 bridgehead atoms. The summed E-state index contributed by atoms with van der Waals surface area (Å²) < 4.78 is 5.70. The third kappa shape index (κ3) is 5.43. The van der Waals surface area contributed by atoms with Crippen molar-refractivity contribution in [3.05, 3.63) is 87.4 Å². The normalized spacial score (nSPS) is 19.0. The first-order valence-electron chi connectivity index (χ1n) is 12.8. The number of methoxy groups -OCH3 is 1. The van der Waals surface area contributed by atoms with Crippen LogP contribution in [0.25, 0.3) is 0 Å². The van der Waals surface area contributed by atoms with E-state index in [9.17, 15) is 14.7 Å². The molecule has 1 unspecified atom stereocenters. The molecule has 0 aliphatic carbocycles. The molecule has 3 N–H and O–H groups in total. The highest BCUT2D eigenvalue weighted by Gasteiger charge is 2.48. The number of β-amino-alcohol motifs (C(OH)–C–C–N with tert-alkyl or cyclic N) is 1. The van der Waals surface area contributed by atoms with E-state index < -0.39 is 5.54 Å². The molecule has 3 aromatic rings. The first-order valence-corrected chi connectivity index (χ1v) is 13.5. The fraction of sp³-hybridized carbons (Fsp3) is 0.310. The lowest BCUT2D eigenvalue weighted by Crippen LogP contribution is -2.49. The van der Waals surface area contributed by atoms with Crippen LogP contribution in [0, 0.1) is 0 Å². The summed E-state index contributed by atoms with van der Waals surface area (Å²) in [6, 6.07) is 17.9. The van der Waals surface area contributed by atoms with Crippen LogP contribution in [0.2, 0.25) is 10.0 Å². The van der Waals surface area contributed by atoms with Crippen molar-refractivity contribution in [2.45, 2.75) is 12.0 Å². The van der Waals surface area contributed by atoms with Crippen molar-refractivity contribution < 1.29 is 19.4 Å². The van der Waals surface area contributed by atoms with Gasteiger partial charge in [0.05, 0.1) is 25.0 Å². The summed E-state index contributed by atoms with van der Waals surface area (Å²) >= 11 is 12.6. The number of ether oxygens (including phenoxy) is 1. The van der Waals surface area contributed by atoms with Crippen molar-refractivity contribution in [3.8, 4) is 5.75 Å². The van der Waals surface area contributed by atoms with Gasteiger partial charge in [0.25, 0.3) is 11.8 Å². The van der Waals surface area contributed by atoms with E-state index in [0.29, 0.717) is 71.0 Å². The smallest absolute Gasteiger partial charge is 0.256 e. The summed E-state index contributed by atoms with van der Waals surface area (Å²) in [6.45, 7) is 3.08. The Labute approximate surface area is 237 Å². The zero-order valence-corrected chi connectivity index (χ0v) is 23.1. The molecule has 0 aromatic heterocycles. The number of amides is 2. The van der Waals surface area contributed by atoms with E-state index in [1.165, 1.54) is 7.11 Å². The zero-order chi connectivity index (χ0) is 27.6. The van der Waals surface area contributed by atoms with E-state index in [-0.39, 0.29) is 24.8 Å². The molecule has 1 atom stereocenters. The Morgan fingerprint density at radius 2 is 1.79 bits per heavy atom. The van der Waals surface area contributed by atoms with Gasteiger partial charge in [-0.3, -0.25) is 14.5 Å². The second-order valence-corrected chi connectivity index (χ2v) is 10.6. The van der Waals surface area contributed by atoms with Crippen LogP contribution < -0.4 is 15.4 Å². The van der Waals surface area contributed by atoms with Crippen LogP contribution in [0.4, 0.5) is 11.4 Å². The van der Waals surface area contributed by atoms with Gasteiger partial charge in [0, 0.05) is 60.4 Å². The Kier molecular flexibility index (Phi) is 8.00. The van der Waals surface area contributed by atoms with Gasteiger partial charge in [0.15, 0.2) is 0 Å². The molecule has 1 saturated heterocycles. The minimum atomic E-state index is -1.27. The lowest BCUT2D eigenvalue weighted by molar-refractivity contribution is -0.119. The average Bonchev–Trinajstić information content (AvgIpc) is 3.18. The third-order valence-corrected chi connectivity index (χ3v) is 7.80. The number of piperazine rings is 1. The number of aliphatic hydroxyl groups excluding tert-OH is 1. The number of carbonyl (C=O) groups is 2. The molecule has 8 nitrogen and oxygen atoms in total. The summed E-state index contributed by atoms with van der Waals surface area (Å²) in [4.78, 5) is 31.6. The van der Waals surface area contributed by atoms with Crippen molar-refractivity contribution in [1.29, 1.82) is 0 Å². The van der Waals surface area contributed by atoms with E-state index in [1.807, 2.05) is 24.3 Å². The number of aliphatic hydroxyl groups is 1. The SMILES string of the molecule is COc1cccc(C(=O)N2CCN(CCO)CC2)c1NC1(Cc2cccc(Cl)c2)C(=O)Nc2cc(Cl)ccc21. The second-order valence-electron chi connectivity index (χ2n) is 9.72. The van der Waals surface area contributed by atoms with Gasteiger partial charge in [-0.1, -0.05) is 47.5 Å². The van der Waals surface area contributed by atoms with Crippen LogP contribution in [0.15, 0.2) is 60.7 Å². The highest BCUT2D eigenvalue weighted by molar-refractivity contribution is 6.31. The molecule has 0 radical (unpaired) electrons. The van der Waals surface area contributed by atoms with Crippen molar-refractivity contribution >= 4 is 46.4 Å². The Hall–Kier alpha value is -3.30. The molecule has 2 aliphatic rings. The highest BCUT2D eigenvalue weighted by Crippen LogP contribution is 2.44. The predicted molar refractivity (Wildman–Crippen MR) is 153 cm³/mol. The number of fused-ring (bicyclic) bond motifs is 1. The topological polar surface area (TPSA) is 94.1 Å². The van der Waals surface area contributed by atoms with Gasteiger partial charge in [-0.05, 0) is 42.0 Å². The number of hydrogen-bond acceptors (Lipinski definition) is 6.